The van der Waals surface area contributed by atoms with Crippen LogP contribution in [0.4, 0.5) is 10.1 Å². The first-order valence-corrected chi connectivity index (χ1v) is 5.39. The number of anilines is 1. The summed E-state index contributed by atoms with van der Waals surface area (Å²) >= 11 is 0. The van der Waals surface area contributed by atoms with Crippen molar-refractivity contribution in [1.82, 2.24) is 10.3 Å². The summed E-state index contributed by atoms with van der Waals surface area (Å²) in [7, 11) is 0. The van der Waals surface area contributed by atoms with E-state index in [1.165, 1.54) is 6.20 Å². The lowest BCUT2D eigenvalue weighted by Gasteiger charge is -2.34. The molecule has 4 heteroatoms. The molecule has 2 heterocycles. The van der Waals surface area contributed by atoms with Crippen molar-refractivity contribution in [3.63, 3.8) is 0 Å². The Morgan fingerprint density at radius 2 is 2.53 bits per heavy atom. The van der Waals surface area contributed by atoms with E-state index in [1.54, 1.807) is 12.3 Å². The molecule has 82 valence electrons. The fourth-order valence-electron chi connectivity index (χ4n) is 1.94. The highest BCUT2D eigenvalue weighted by molar-refractivity contribution is 5.46. The van der Waals surface area contributed by atoms with E-state index in [-0.39, 0.29) is 5.82 Å². The molecule has 1 atom stereocenters. The van der Waals surface area contributed by atoms with Crippen LogP contribution in [-0.2, 0) is 0 Å². The summed E-state index contributed by atoms with van der Waals surface area (Å²) < 4.78 is 13.5. The molecule has 15 heavy (non-hydrogen) atoms. The number of nitrogens with one attached hydrogen (secondary N) is 1. The van der Waals surface area contributed by atoms with Crippen molar-refractivity contribution in [2.24, 2.45) is 0 Å². The molecule has 2 rings (SSSR count). The van der Waals surface area contributed by atoms with Crippen LogP contribution in [0.5, 0.6) is 0 Å². The maximum atomic E-state index is 13.5. The van der Waals surface area contributed by atoms with Crippen LogP contribution in [0.25, 0.3) is 0 Å². The Hall–Kier alpha value is -1.16. The van der Waals surface area contributed by atoms with Crippen LogP contribution >= 0.6 is 0 Å². The van der Waals surface area contributed by atoms with E-state index in [2.05, 4.69) is 22.1 Å². The molecule has 1 saturated heterocycles. The van der Waals surface area contributed by atoms with Gasteiger partial charge in [0.2, 0.25) is 0 Å². The second-order valence-corrected chi connectivity index (χ2v) is 3.83. The van der Waals surface area contributed by atoms with E-state index >= 15 is 0 Å². The van der Waals surface area contributed by atoms with Gasteiger partial charge in [0.1, 0.15) is 0 Å². The Morgan fingerprint density at radius 3 is 3.27 bits per heavy atom. The van der Waals surface area contributed by atoms with Crippen LogP contribution in [0.1, 0.15) is 13.3 Å². The number of pyridine rings is 1. The molecule has 0 amide bonds. The predicted octanol–water partition coefficient (Wildman–Crippen LogP) is 1.41. The molecule has 0 unspecified atom stereocenters. The van der Waals surface area contributed by atoms with Gasteiger partial charge in [-0.15, -0.1) is 0 Å². The maximum Gasteiger partial charge on any atom is 0.164 e. The van der Waals surface area contributed by atoms with Gasteiger partial charge in [-0.1, -0.05) is 6.92 Å². The van der Waals surface area contributed by atoms with Crippen LogP contribution in [0, 0.1) is 5.82 Å². The Labute approximate surface area is 89.3 Å². The Bertz CT molecular complexity index is 329. The number of halogens is 1. The van der Waals surface area contributed by atoms with Crippen LogP contribution in [0.3, 0.4) is 0 Å². The molecular formula is C11H16FN3. The largest absolute Gasteiger partial charge is 0.366 e. The first-order chi connectivity index (χ1) is 7.31. The average molecular weight is 209 g/mol. The minimum atomic E-state index is -0.228. The molecule has 0 spiro atoms. The summed E-state index contributed by atoms with van der Waals surface area (Å²) in [5.41, 5.74) is 0.671. The summed E-state index contributed by atoms with van der Waals surface area (Å²) in [5, 5.41) is 3.41. The van der Waals surface area contributed by atoms with Crippen LogP contribution in [0.15, 0.2) is 18.5 Å². The molecule has 0 bridgehead atoms. The smallest absolute Gasteiger partial charge is 0.164 e. The summed E-state index contributed by atoms with van der Waals surface area (Å²) in [6.45, 7) is 4.79. The van der Waals surface area contributed by atoms with Crippen molar-refractivity contribution in [3.05, 3.63) is 24.3 Å². The first-order valence-electron chi connectivity index (χ1n) is 5.39. The number of rotatable bonds is 2. The molecule has 1 aliphatic rings. The van der Waals surface area contributed by atoms with Crippen molar-refractivity contribution < 1.29 is 4.39 Å². The molecule has 1 fully saturated rings. The SMILES string of the molecule is CC[C@@H]1CN(c2ccncc2F)CCN1. The summed E-state index contributed by atoms with van der Waals surface area (Å²) in [5.74, 6) is -0.228. The first kappa shape index (κ1) is 10.4. The Balaban J connectivity index is 2.13. The van der Waals surface area contributed by atoms with Gasteiger partial charge in [0, 0.05) is 31.9 Å². The second kappa shape index (κ2) is 4.57. The van der Waals surface area contributed by atoms with Gasteiger partial charge in [-0.05, 0) is 12.5 Å². The van der Waals surface area contributed by atoms with Crippen molar-refractivity contribution in [2.45, 2.75) is 19.4 Å². The maximum absolute atomic E-state index is 13.5. The molecule has 0 aliphatic carbocycles. The lowest BCUT2D eigenvalue weighted by molar-refractivity contribution is 0.442. The van der Waals surface area contributed by atoms with Crippen LogP contribution in [0.2, 0.25) is 0 Å². The lowest BCUT2D eigenvalue weighted by Crippen LogP contribution is -2.50. The van der Waals surface area contributed by atoms with Gasteiger partial charge >= 0.3 is 0 Å². The van der Waals surface area contributed by atoms with E-state index in [9.17, 15) is 4.39 Å². The molecule has 1 N–H and O–H groups in total. The highest BCUT2D eigenvalue weighted by Gasteiger charge is 2.19. The van der Waals surface area contributed by atoms with E-state index in [1.807, 2.05) is 0 Å². The molecule has 1 aromatic rings. The molecule has 1 aromatic heterocycles. The summed E-state index contributed by atoms with van der Waals surface area (Å²) in [6.07, 6.45) is 3.99. The topological polar surface area (TPSA) is 28.2 Å². The van der Waals surface area contributed by atoms with Crippen molar-refractivity contribution in [2.75, 3.05) is 24.5 Å². The van der Waals surface area contributed by atoms with E-state index < -0.39 is 0 Å². The normalized spacial score (nSPS) is 21.7. The standard InChI is InChI=1S/C11H16FN3/c1-2-9-8-15(6-5-14-9)11-3-4-13-7-10(11)12/h3-4,7,9,14H,2,5-6,8H2,1H3/t9-/m1/s1. The van der Waals surface area contributed by atoms with Gasteiger partial charge in [0.25, 0.3) is 0 Å². The zero-order valence-corrected chi connectivity index (χ0v) is 8.91. The van der Waals surface area contributed by atoms with Gasteiger partial charge in [-0.3, -0.25) is 4.98 Å². The second-order valence-electron chi connectivity index (χ2n) is 3.83. The van der Waals surface area contributed by atoms with Crippen molar-refractivity contribution in [1.29, 1.82) is 0 Å². The lowest BCUT2D eigenvalue weighted by atomic mass is 10.1. The third kappa shape index (κ3) is 2.26. The highest BCUT2D eigenvalue weighted by Crippen LogP contribution is 2.19. The number of nitrogens with zero attached hydrogens (tertiary/aromatic N) is 2. The zero-order chi connectivity index (χ0) is 10.7. The Morgan fingerprint density at radius 1 is 1.67 bits per heavy atom. The Kier molecular flexibility index (Phi) is 3.16. The molecular weight excluding hydrogens is 193 g/mol. The fourth-order valence-corrected chi connectivity index (χ4v) is 1.94. The quantitative estimate of drug-likeness (QED) is 0.798. The highest BCUT2D eigenvalue weighted by atomic mass is 19.1. The van der Waals surface area contributed by atoms with Crippen molar-refractivity contribution in [3.8, 4) is 0 Å². The van der Waals surface area contributed by atoms with Gasteiger partial charge in [0.15, 0.2) is 5.82 Å². The monoisotopic (exact) mass is 209 g/mol. The third-order valence-corrected chi connectivity index (χ3v) is 2.84. The molecule has 0 aromatic carbocycles. The van der Waals surface area contributed by atoms with E-state index in [0.717, 1.165) is 26.1 Å². The van der Waals surface area contributed by atoms with Gasteiger partial charge in [0.05, 0.1) is 11.9 Å². The third-order valence-electron chi connectivity index (χ3n) is 2.84. The minimum Gasteiger partial charge on any atom is -0.366 e. The number of hydrogen-bond donors (Lipinski definition) is 1. The van der Waals surface area contributed by atoms with Crippen LogP contribution in [-0.4, -0.2) is 30.7 Å². The molecule has 1 aliphatic heterocycles. The number of hydrogen-bond acceptors (Lipinski definition) is 3. The van der Waals surface area contributed by atoms with Crippen LogP contribution < -0.4 is 10.2 Å². The summed E-state index contributed by atoms with van der Waals surface area (Å²) in [4.78, 5) is 5.85. The van der Waals surface area contributed by atoms with Gasteiger partial charge in [-0.2, -0.15) is 0 Å². The molecule has 3 nitrogen and oxygen atoms in total. The number of aromatic nitrogens is 1. The molecule has 0 saturated carbocycles. The van der Waals surface area contributed by atoms with Gasteiger partial charge < -0.3 is 10.2 Å². The zero-order valence-electron chi connectivity index (χ0n) is 8.91. The van der Waals surface area contributed by atoms with E-state index in [4.69, 9.17) is 0 Å². The summed E-state index contributed by atoms with van der Waals surface area (Å²) in [6, 6.07) is 2.21. The predicted molar refractivity (Wildman–Crippen MR) is 58.5 cm³/mol. The van der Waals surface area contributed by atoms with Crippen molar-refractivity contribution >= 4 is 5.69 Å². The van der Waals surface area contributed by atoms with Gasteiger partial charge in [-0.25, -0.2) is 4.39 Å². The average Bonchev–Trinajstić information content (AvgIpc) is 2.30. The minimum absolute atomic E-state index is 0.228. The molecule has 0 radical (unpaired) electrons. The van der Waals surface area contributed by atoms with E-state index in [0.29, 0.717) is 11.7 Å². The fraction of sp³-hybridized carbons (Fsp3) is 0.545. The number of piperazine rings is 1.